The third kappa shape index (κ3) is 5.06. The van der Waals surface area contributed by atoms with Crippen LogP contribution < -0.4 is 0 Å². The predicted molar refractivity (Wildman–Crippen MR) is 94.7 cm³/mol. The highest BCUT2D eigenvalue weighted by Gasteiger charge is 2.45. The minimum absolute atomic E-state index is 0.0314. The van der Waals surface area contributed by atoms with Crippen molar-refractivity contribution in [2.45, 2.75) is 64.4 Å². The Morgan fingerprint density at radius 2 is 1.93 bits per heavy atom. The molecule has 1 aromatic rings. The number of likely N-dealkylation sites (tertiary alicyclic amines) is 1. The number of halogens is 4. The summed E-state index contributed by atoms with van der Waals surface area (Å²) in [6, 6.07) is -1.04. The van der Waals surface area contributed by atoms with Gasteiger partial charge in [0.25, 0.3) is 0 Å². The van der Waals surface area contributed by atoms with E-state index in [1.54, 1.807) is 27.7 Å². The van der Waals surface area contributed by atoms with Gasteiger partial charge in [-0.25, -0.2) is 9.59 Å². The van der Waals surface area contributed by atoms with Crippen LogP contribution in [0.5, 0.6) is 0 Å². The van der Waals surface area contributed by atoms with Gasteiger partial charge in [0.15, 0.2) is 0 Å². The lowest BCUT2D eigenvalue weighted by molar-refractivity contribution is -0.148. The molecule has 0 saturated carbocycles. The van der Waals surface area contributed by atoms with E-state index in [0.717, 1.165) is 17.2 Å². The molecule has 28 heavy (non-hydrogen) atoms. The first-order valence-electron chi connectivity index (χ1n) is 8.75. The van der Waals surface area contributed by atoms with Crippen LogP contribution in [-0.2, 0) is 20.4 Å². The molecule has 0 aliphatic carbocycles. The summed E-state index contributed by atoms with van der Waals surface area (Å²) in [4.78, 5) is 29.5. The van der Waals surface area contributed by atoms with Crippen LogP contribution in [0.25, 0.3) is 0 Å². The zero-order valence-corrected chi connectivity index (χ0v) is 16.7. The zero-order valence-electron chi connectivity index (χ0n) is 16.0. The number of alkyl halides is 3. The summed E-state index contributed by atoms with van der Waals surface area (Å²) in [6.07, 6.45) is -4.17. The van der Waals surface area contributed by atoms with Crippen LogP contribution >= 0.6 is 11.6 Å². The third-order valence-electron chi connectivity index (χ3n) is 4.08. The second kappa shape index (κ2) is 8.14. The van der Waals surface area contributed by atoms with Gasteiger partial charge in [-0.2, -0.15) is 13.2 Å². The largest absolute Gasteiger partial charge is 0.464 e. The van der Waals surface area contributed by atoms with E-state index in [1.807, 2.05) is 0 Å². The SMILES string of the molecule is CCOC(=O)[C@@H]1CC[C@@H](c2cc(C(F)(F)F)ncc2Cl)N1C(=O)OC(C)(C)C. The van der Waals surface area contributed by atoms with Crippen molar-refractivity contribution in [1.29, 1.82) is 0 Å². The van der Waals surface area contributed by atoms with Gasteiger partial charge in [-0.3, -0.25) is 9.88 Å². The molecule has 2 atom stereocenters. The fourth-order valence-electron chi connectivity index (χ4n) is 3.02. The van der Waals surface area contributed by atoms with E-state index in [0.29, 0.717) is 0 Å². The van der Waals surface area contributed by atoms with Gasteiger partial charge in [-0.15, -0.1) is 0 Å². The average Bonchev–Trinajstić information content (AvgIpc) is 2.97. The van der Waals surface area contributed by atoms with Gasteiger partial charge < -0.3 is 9.47 Å². The Bertz CT molecular complexity index is 749. The normalized spacial score (nSPS) is 20.2. The molecule has 1 saturated heterocycles. The number of aromatic nitrogens is 1. The second-order valence-corrected chi connectivity index (χ2v) is 7.74. The van der Waals surface area contributed by atoms with Gasteiger partial charge in [-0.1, -0.05) is 11.6 Å². The van der Waals surface area contributed by atoms with Crippen molar-refractivity contribution in [2.24, 2.45) is 0 Å². The molecule has 1 aromatic heterocycles. The minimum Gasteiger partial charge on any atom is -0.464 e. The third-order valence-corrected chi connectivity index (χ3v) is 4.40. The Labute approximate surface area is 165 Å². The number of ether oxygens (including phenoxy) is 2. The molecule has 2 rings (SSSR count). The van der Waals surface area contributed by atoms with Crippen molar-refractivity contribution in [2.75, 3.05) is 6.61 Å². The summed E-state index contributed by atoms with van der Waals surface area (Å²) in [5.74, 6) is -0.642. The standard InChI is InChI=1S/C18H22ClF3N2O4/c1-5-27-15(25)13-7-6-12(24(13)16(26)28-17(2,3)4)10-8-14(18(20,21)22)23-9-11(10)19/h8-9,12-13H,5-7H2,1-4H3/t12-,13-/m0/s1. The molecule has 1 amide bonds. The number of nitrogens with zero attached hydrogens (tertiary/aromatic N) is 2. The Morgan fingerprint density at radius 3 is 2.46 bits per heavy atom. The van der Waals surface area contributed by atoms with Gasteiger partial charge >= 0.3 is 18.2 Å². The zero-order chi connectivity index (χ0) is 21.3. The molecule has 1 aliphatic rings. The first kappa shape index (κ1) is 22.3. The molecular formula is C18H22ClF3N2O4. The highest BCUT2D eigenvalue weighted by atomic mass is 35.5. The fraction of sp³-hybridized carbons (Fsp3) is 0.611. The summed E-state index contributed by atoms with van der Waals surface area (Å²) in [7, 11) is 0. The lowest BCUT2D eigenvalue weighted by Gasteiger charge is -2.32. The number of amides is 1. The van der Waals surface area contributed by atoms with E-state index in [1.165, 1.54) is 0 Å². The maximum absolute atomic E-state index is 13.1. The van der Waals surface area contributed by atoms with Crippen molar-refractivity contribution in [3.05, 3.63) is 28.5 Å². The summed E-state index contributed by atoms with van der Waals surface area (Å²) in [5, 5.41) is -0.0314. The van der Waals surface area contributed by atoms with Crippen molar-refractivity contribution < 1.29 is 32.2 Å². The minimum atomic E-state index is -4.67. The lowest BCUT2D eigenvalue weighted by Crippen LogP contribution is -2.45. The molecule has 0 spiro atoms. The van der Waals surface area contributed by atoms with Gasteiger partial charge in [0.05, 0.1) is 17.7 Å². The molecule has 1 fully saturated rings. The number of hydrogen-bond donors (Lipinski definition) is 0. The van der Waals surface area contributed by atoms with E-state index < -0.39 is 41.6 Å². The molecule has 6 nitrogen and oxygen atoms in total. The predicted octanol–water partition coefficient (Wildman–Crippen LogP) is 4.76. The van der Waals surface area contributed by atoms with Crippen LogP contribution in [-0.4, -0.2) is 40.2 Å². The summed E-state index contributed by atoms with van der Waals surface area (Å²) >= 11 is 6.09. The topological polar surface area (TPSA) is 68.7 Å². The highest BCUT2D eigenvalue weighted by molar-refractivity contribution is 6.31. The van der Waals surface area contributed by atoms with E-state index in [9.17, 15) is 22.8 Å². The van der Waals surface area contributed by atoms with Gasteiger partial charge in [-0.05, 0) is 52.2 Å². The fourth-order valence-corrected chi connectivity index (χ4v) is 3.25. The molecule has 10 heteroatoms. The van der Waals surface area contributed by atoms with Crippen molar-refractivity contribution in [3.8, 4) is 0 Å². The Hall–Kier alpha value is -2.03. The lowest BCUT2D eigenvalue weighted by atomic mass is 10.0. The van der Waals surface area contributed by atoms with E-state index in [2.05, 4.69) is 4.98 Å². The van der Waals surface area contributed by atoms with Crippen molar-refractivity contribution in [1.82, 2.24) is 9.88 Å². The number of rotatable bonds is 3. The van der Waals surface area contributed by atoms with Crippen LogP contribution in [0.1, 0.15) is 57.8 Å². The summed E-state index contributed by atoms with van der Waals surface area (Å²) < 4.78 is 49.6. The Balaban J connectivity index is 2.47. The van der Waals surface area contributed by atoms with E-state index in [4.69, 9.17) is 21.1 Å². The van der Waals surface area contributed by atoms with Crippen molar-refractivity contribution in [3.63, 3.8) is 0 Å². The molecule has 2 heterocycles. The first-order valence-corrected chi connectivity index (χ1v) is 9.13. The number of carbonyl (C=O) groups is 2. The summed E-state index contributed by atoms with van der Waals surface area (Å²) in [6.45, 7) is 6.68. The molecule has 0 unspecified atom stereocenters. The van der Waals surface area contributed by atoms with Gasteiger partial charge in [0.1, 0.15) is 17.3 Å². The van der Waals surface area contributed by atoms with E-state index in [-0.39, 0.29) is 30.0 Å². The number of carbonyl (C=O) groups excluding carboxylic acids is 2. The van der Waals surface area contributed by atoms with Crippen LogP contribution in [0.15, 0.2) is 12.3 Å². The van der Waals surface area contributed by atoms with Crippen LogP contribution in [0.2, 0.25) is 5.02 Å². The average molecular weight is 423 g/mol. The highest BCUT2D eigenvalue weighted by Crippen LogP contribution is 2.42. The maximum Gasteiger partial charge on any atom is 0.433 e. The monoisotopic (exact) mass is 422 g/mol. The maximum atomic E-state index is 13.1. The smallest absolute Gasteiger partial charge is 0.433 e. The van der Waals surface area contributed by atoms with Crippen molar-refractivity contribution >= 4 is 23.7 Å². The Kier molecular flexibility index (Phi) is 6.48. The quantitative estimate of drug-likeness (QED) is 0.657. The molecule has 156 valence electrons. The second-order valence-electron chi connectivity index (χ2n) is 7.34. The van der Waals surface area contributed by atoms with E-state index >= 15 is 0 Å². The number of esters is 1. The molecule has 1 aliphatic heterocycles. The van der Waals surface area contributed by atoms with Crippen LogP contribution in [0.3, 0.4) is 0 Å². The molecular weight excluding hydrogens is 401 g/mol. The molecule has 0 aromatic carbocycles. The van der Waals surface area contributed by atoms with Crippen LogP contribution in [0, 0.1) is 0 Å². The Morgan fingerprint density at radius 1 is 1.29 bits per heavy atom. The molecule has 0 N–H and O–H groups in total. The van der Waals surface area contributed by atoms with Gasteiger partial charge in [0.2, 0.25) is 0 Å². The molecule has 0 bridgehead atoms. The number of hydrogen-bond acceptors (Lipinski definition) is 5. The van der Waals surface area contributed by atoms with Gasteiger partial charge in [0, 0.05) is 6.20 Å². The molecule has 0 radical (unpaired) electrons. The summed E-state index contributed by atoms with van der Waals surface area (Å²) in [5.41, 5.74) is -1.93. The van der Waals surface area contributed by atoms with Crippen LogP contribution in [0.4, 0.5) is 18.0 Å². The first-order chi connectivity index (χ1) is 12.8. The number of pyridine rings is 1.